The van der Waals surface area contributed by atoms with Gasteiger partial charge in [0.05, 0.1) is 5.52 Å². The van der Waals surface area contributed by atoms with Crippen LogP contribution in [-0.2, 0) is 0 Å². The van der Waals surface area contributed by atoms with Crippen molar-refractivity contribution in [1.82, 2.24) is 9.88 Å². The largest absolute Gasteiger partial charge is 0.309 e. The molecule has 0 atom stereocenters. The molecule has 84 valence electrons. The molecule has 3 rings (SSSR count). The second kappa shape index (κ2) is 3.42. The molecule has 2 heterocycles. The van der Waals surface area contributed by atoms with E-state index in [1.165, 1.54) is 0 Å². The molecule has 0 spiro atoms. The summed E-state index contributed by atoms with van der Waals surface area (Å²) in [6, 6.07) is 7.69. The molecule has 3 nitrogen and oxygen atoms in total. The average molecular weight is 224 g/mol. The van der Waals surface area contributed by atoms with Crippen molar-refractivity contribution in [3.05, 3.63) is 48.2 Å². The van der Waals surface area contributed by atoms with Gasteiger partial charge in [-0.15, -0.1) is 0 Å². The van der Waals surface area contributed by atoms with E-state index in [4.69, 9.17) is 0 Å². The Labute approximate surface area is 99.4 Å². The smallest absolute Gasteiger partial charge is 0.258 e. The fourth-order valence-electron chi connectivity index (χ4n) is 2.28. The highest BCUT2D eigenvalue weighted by molar-refractivity contribution is 6.11. The molecule has 0 saturated carbocycles. The number of hydrogen-bond donors (Lipinski definition) is 0. The molecular weight excluding hydrogens is 212 g/mol. The summed E-state index contributed by atoms with van der Waals surface area (Å²) < 4.78 is 0. The van der Waals surface area contributed by atoms with Crippen LogP contribution in [0.5, 0.6) is 0 Å². The molecule has 0 radical (unpaired) electrons. The number of carbonyl (C=O) groups is 1. The first-order valence-electron chi connectivity index (χ1n) is 5.62. The van der Waals surface area contributed by atoms with Crippen molar-refractivity contribution < 1.29 is 4.79 Å². The normalized spacial score (nSPS) is 14.5. The molecule has 0 unspecified atom stereocenters. The Morgan fingerprint density at radius 1 is 1.35 bits per heavy atom. The van der Waals surface area contributed by atoms with Crippen LogP contribution in [0, 0.1) is 0 Å². The first kappa shape index (κ1) is 10.0. The van der Waals surface area contributed by atoms with Gasteiger partial charge in [0.15, 0.2) is 0 Å². The summed E-state index contributed by atoms with van der Waals surface area (Å²) in [6.45, 7) is 6.58. The number of hydrogen-bond acceptors (Lipinski definition) is 2. The van der Waals surface area contributed by atoms with Crippen molar-refractivity contribution in [2.75, 3.05) is 6.54 Å². The Hall–Kier alpha value is -2.16. The van der Waals surface area contributed by atoms with E-state index in [-0.39, 0.29) is 5.91 Å². The molecule has 1 aliphatic rings. The zero-order valence-electron chi connectivity index (χ0n) is 9.60. The zero-order chi connectivity index (χ0) is 12.0. The summed E-state index contributed by atoms with van der Waals surface area (Å²) in [5.74, 6) is 0.0400. The third-order valence-electron chi connectivity index (χ3n) is 3.17. The predicted octanol–water partition coefficient (Wildman–Crippen LogP) is 2.68. The van der Waals surface area contributed by atoms with Crippen molar-refractivity contribution in [3.63, 3.8) is 0 Å². The van der Waals surface area contributed by atoms with Gasteiger partial charge in [-0.2, -0.15) is 0 Å². The number of aromatic nitrogens is 1. The van der Waals surface area contributed by atoms with Gasteiger partial charge in [-0.25, -0.2) is 0 Å². The molecule has 2 aromatic rings. The van der Waals surface area contributed by atoms with Crippen LogP contribution in [0.2, 0.25) is 0 Å². The number of benzene rings is 1. The lowest BCUT2D eigenvalue weighted by molar-refractivity contribution is 0.0856. The van der Waals surface area contributed by atoms with E-state index in [0.29, 0.717) is 6.54 Å². The van der Waals surface area contributed by atoms with Crippen LogP contribution in [-0.4, -0.2) is 22.3 Å². The standard InChI is InChI=1S/C14H12N2O/c1-3-16-9(2)11-8-13-10(5-4-6-15-13)7-12(11)14(16)17/h4-8H,2-3H2,1H3. The molecule has 1 aromatic heterocycles. The summed E-state index contributed by atoms with van der Waals surface area (Å²) in [4.78, 5) is 18.1. The summed E-state index contributed by atoms with van der Waals surface area (Å²) in [5.41, 5.74) is 3.32. The summed E-state index contributed by atoms with van der Waals surface area (Å²) in [6.07, 6.45) is 1.76. The van der Waals surface area contributed by atoms with E-state index in [2.05, 4.69) is 11.6 Å². The second-order valence-electron chi connectivity index (χ2n) is 4.09. The first-order chi connectivity index (χ1) is 8.22. The van der Waals surface area contributed by atoms with Crippen molar-refractivity contribution in [3.8, 4) is 0 Å². The highest BCUT2D eigenvalue weighted by Gasteiger charge is 2.30. The molecule has 0 fully saturated rings. The number of fused-ring (bicyclic) bond motifs is 2. The highest BCUT2D eigenvalue weighted by Crippen LogP contribution is 2.33. The van der Waals surface area contributed by atoms with Gasteiger partial charge >= 0.3 is 0 Å². The van der Waals surface area contributed by atoms with Crippen molar-refractivity contribution >= 4 is 22.5 Å². The van der Waals surface area contributed by atoms with E-state index < -0.39 is 0 Å². The van der Waals surface area contributed by atoms with Crippen molar-refractivity contribution in [1.29, 1.82) is 0 Å². The molecule has 1 aliphatic heterocycles. The Kier molecular flexibility index (Phi) is 2.01. The van der Waals surface area contributed by atoms with Crippen molar-refractivity contribution in [2.24, 2.45) is 0 Å². The summed E-state index contributed by atoms with van der Waals surface area (Å²) in [7, 11) is 0. The third-order valence-corrected chi connectivity index (χ3v) is 3.17. The fraction of sp³-hybridized carbons (Fsp3) is 0.143. The Balaban J connectivity index is 2.30. The quantitative estimate of drug-likeness (QED) is 0.746. The number of amides is 1. The predicted molar refractivity (Wildman–Crippen MR) is 67.5 cm³/mol. The van der Waals surface area contributed by atoms with Crippen LogP contribution < -0.4 is 0 Å². The lowest BCUT2D eigenvalue weighted by atomic mass is 10.0. The highest BCUT2D eigenvalue weighted by atomic mass is 16.2. The van der Waals surface area contributed by atoms with Gasteiger partial charge in [-0.1, -0.05) is 12.6 Å². The van der Waals surface area contributed by atoms with Crippen molar-refractivity contribution in [2.45, 2.75) is 6.92 Å². The average Bonchev–Trinajstić information content (AvgIpc) is 2.59. The minimum Gasteiger partial charge on any atom is -0.309 e. The zero-order valence-corrected chi connectivity index (χ0v) is 9.60. The molecule has 1 aromatic carbocycles. The Morgan fingerprint density at radius 3 is 2.94 bits per heavy atom. The van der Waals surface area contributed by atoms with Crippen LogP contribution in [0.25, 0.3) is 16.6 Å². The molecule has 17 heavy (non-hydrogen) atoms. The maximum absolute atomic E-state index is 12.1. The van der Waals surface area contributed by atoms with Crippen LogP contribution in [0.15, 0.2) is 37.0 Å². The van der Waals surface area contributed by atoms with E-state index in [9.17, 15) is 4.79 Å². The SMILES string of the molecule is C=C1c2cc3ncccc3cc2C(=O)N1CC. The number of pyridine rings is 1. The fourth-order valence-corrected chi connectivity index (χ4v) is 2.28. The minimum absolute atomic E-state index is 0.0400. The number of rotatable bonds is 1. The third kappa shape index (κ3) is 1.29. The van der Waals surface area contributed by atoms with Crippen LogP contribution >= 0.6 is 0 Å². The molecule has 3 heteroatoms. The van der Waals surface area contributed by atoms with Gasteiger partial charge in [0.25, 0.3) is 5.91 Å². The molecule has 0 bridgehead atoms. The molecule has 1 amide bonds. The van der Waals surface area contributed by atoms with Gasteiger partial charge in [0.1, 0.15) is 0 Å². The van der Waals surface area contributed by atoms with Crippen LogP contribution in [0.1, 0.15) is 22.8 Å². The lowest BCUT2D eigenvalue weighted by Crippen LogP contribution is -2.21. The van der Waals surface area contributed by atoms with Crippen LogP contribution in [0.3, 0.4) is 0 Å². The van der Waals surface area contributed by atoms with Gasteiger partial charge in [-0.3, -0.25) is 9.78 Å². The van der Waals surface area contributed by atoms with Crippen LogP contribution in [0.4, 0.5) is 0 Å². The molecule has 0 saturated heterocycles. The maximum atomic E-state index is 12.1. The first-order valence-corrected chi connectivity index (χ1v) is 5.62. The topological polar surface area (TPSA) is 33.2 Å². The van der Waals surface area contributed by atoms with E-state index in [1.54, 1.807) is 11.1 Å². The maximum Gasteiger partial charge on any atom is 0.258 e. The second-order valence-corrected chi connectivity index (χ2v) is 4.09. The van der Waals surface area contributed by atoms with Gasteiger partial charge < -0.3 is 4.90 Å². The summed E-state index contributed by atoms with van der Waals surface area (Å²) in [5, 5.41) is 0.991. The van der Waals surface area contributed by atoms with E-state index in [1.807, 2.05) is 31.2 Å². The number of nitrogens with zero attached hydrogens (tertiary/aromatic N) is 2. The Morgan fingerprint density at radius 2 is 2.18 bits per heavy atom. The lowest BCUT2D eigenvalue weighted by Gasteiger charge is -2.13. The monoisotopic (exact) mass is 224 g/mol. The molecule has 0 aliphatic carbocycles. The Bertz CT molecular complexity index is 591. The van der Waals surface area contributed by atoms with E-state index >= 15 is 0 Å². The molecular formula is C14H12N2O. The minimum atomic E-state index is 0.0400. The molecule has 0 N–H and O–H groups in total. The van der Waals surface area contributed by atoms with E-state index in [0.717, 1.165) is 27.7 Å². The van der Waals surface area contributed by atoms with Gasteiger partial charge in [0.2, 0.25) is 0 Å². The van der Waals surface area contributed by atoms with Gasteiger partial charge in [-0.05, 0) is 25.1 Å². The van der Waals surface area contributed by atoms with Gasteiger partial charge in [0, 0.05) is 35.0 Å². The summed E-state index contributed by atoms with van der Waals surface area (Å²) >= 11 is 0. The number of carbonyl (C=O) groups excluding carboxylic acids is 1.